The molecule has 6 nitrogen and oxygen atoms in total. The number of hydrogen-bond acceptors (Lipinski definition) is 6. The molecule has 13 heteroatoms. The van der Waals surface area contributed by atoms with E-state index in [1.165, 1.54) is 30.0 Å². The van der Waals surface area contributed by atoms with Crippen LogP contribution in [0.1, 0.15) is 6.92 Å². The number of aliphatic hydroxyl groups is 2. The van der Waals surface area contributed by atoms with Gasteiger partial charge >= 0.3 is 6.18 Å². The van der Waals surface area contributed by atoms with Crippen LogP contribution >= 0.6 is 35.0 Å². The van der Waals surface area contributed by atoms with Crippen molar-refractivity contribution in [2.75, 3.05) is 17.7 Å². The van der Waals surface area contributed by atoms with Crippen molar-refractivity contribution in [2.45, 2.75) is 33.4 Å². The molecule has 31 heavy (non-hydrogen) atoms. The van der Waals surface area contributed by atoms with Crippen LogP contribution in [0.5, 0.6) is 0 Å². The molecule has 0 aliphatic rings. The number of amides is 1. The predicted octanol–water partition coefficient (Wildman–Crippen LogP) is 4.16. The zero-order valence-electron chi connectivity index (χ0n) is 15.7. The van der Waals surface area contributed by atoms with E-state index in [2.05, 4.69) is 0 Å². The van der Waals surface area contributed by atoms with Crippen molar-refractivity contribution in [1.29, 1.82) is 0 Å². The Kier molecular flexibility index (Phi) is 7.94. The Morgan fingerprint density at radius 3 is 2.13 bits per heavy atom. The van der Waals surface area contributed by atoms with Crippen molar-refractivity contribution in [1.82, 2.24) is 0 Å². The SMILES string of the molecule is CC(O)(C(=O)Nc1ccc(S(=O)(=O)c2ccc(SCCO)c(Cl)c2)cc1Cl)C(F)(F)F. The number of nitrogens with one attached hydrogen (secondary N) is 1. The first kappa shape index (κ1) is 25.8. The average molecular weight is 518 g/mol. The molecule has 0 aromatic heterocycles. The molecule has 0 heterocycles. The van der Waals surface area contributed by atoms with Gasteiger partial charge in [0.05, 0.1) is 32.1 Å². The maximum absolute atomic E-state index is 12.8. The minimum Gasteiger partial charge on any atom is -0.396 e. The van der Waals surface area contributed by atoms with Gasteiger partial charge in [0.25, 0.3) is 5.91 Å². The second kappa shape index (κ2) is 9.55. The van der Waals surface area contributed by atoms with E-state index < -0.39 is 27.5 Å². The number of sulfone groups is 1. The fourth-order valence-electron chi connectivity index (χ4n) is 2.19. The van der Waals surface area contributed by atoms with Crippen molar-refractivity contribution in [3.63, 3.8) is 0 Å². The largest absolute Gasteiger partial charge is 0.426 e. The van der Waals surface area contributed by atoms with Crippen LogP contribution in [-0.2, 0) is 14.6 Å². The first-order valence-corrected chi connectivity index (χ1v) is 11.6. The Hall–Kier alpha value is -1.50. The van der Waals surface area contributed by atoms with E-state index in [4.69, 9.17) is 28.3 Å². The van der Waals surface area contributed by atoms with Gasteiger partial charge in [-0.2, -0.15) is 13.2 Å². The molecule has 1 unspecified atom stereocenters. The molecule has 0 aliphatic heterocycles. The second-order valence-corrected chi connectivity index (χ2v) is 10.2. The summed E-state index contributed by atoms with van der Waals surface area (Å²) in [5, 5.41) is 19.9. The highest BCUT2D eigenvalue weighted by atomic mass is 35.5. The van der Waals surface area contributed by atoms with Crippen LogP contribution < -0.4 is 5.32 Å². The molecule has 0 saturated carbocycles. The lowest BCUT2D eigenvalue weighted by molar-refractivity contribution is -0.242. The van der Waals surface area contributed by atoms with E-state index in [0.717, 1.165) is 18.2 Å². The lowest BCUT2D eigenvalue weighted by Gasteiger charge is -2.25. The quantitative estimate of drug-likeness (QED) is 0.476. The molecule has 170 valence electrons. The molecule has 0 saturated heterocycles. The van der Waals surface area contributed by atoms with Crippen molar-refractivity contribution in [3.05, 3.63) is 46.4 Å². The fourth-order valence-corrected chi connectivity index (χ4v) is 4.88. The zero-order valence-corrected chi connectivity index (χ0v) is 18.8. The number of alkyl halides is 3. The van der Waals surface area contributed by atoms with Crippen LogP contribution in [0.4, 0.5) is 18.9 Å². The van der Waals surface area contributed by atoms with Crippen LogP contribution in [0.25, 0.3) is 0 Å². The van der Waals surface area contributed by atoms with Crippen LogP contribution in [0.15, 0.2) is 51.1 Å². The number of thioether (sulfide) groups is 1. The van der Waals surface area contributed by atoms with Gasteiger partial charge in [0.1, 0.15) is 0 Å². The summed E-state index contributed by atoms with van der Waals surface area (Å²) in [6.07, 6.45) is -5.23. The first-order chi connectivity index (χ1) is 14.2. The topological polar surface area (TPSA) is 104 Å². The van der Waals surface area contributed by atoms with E-state index in [9.17, 15) is 31.5 Å². The first-order valence-electron chi connectivity index (χ1n) is 8.40. The molecule has 0 spiro atoms. The third-order valence-electron chi connectivity index (χ3n) is 4.06. The highest BCUT2D eigenvalue weighted by Gasteiger charge is 2.55. The highest BCUT2D eigenvalue weighted by molar-refractivity contribution is 7.99. The molecule has 1 amide bonds. The summed E-state index contributed by atoms with van der Waals surface area (Å²) in [5.41, 5.74) is -3.99. The molecular weight excluding hydrogens is 502 g/mol. The van der Waals surface area contributed by atoms with Gasteiger partial charge in [0.2, 0.25) is 15.4 Å². The molecule has 3 N–H and O–H groups in total. The minimum absolute atomic E-state index is 0.0825. The van der Waals surface area contributed by atoms with Crippen LogP contribution in [0.3, 0.4) is 0 Å². The minimum atomic E-state index is -5.23. The number of rotatable bonds is 7. The molecule has 2 rings (SSSR count). The third-order valence-corrected chi connectivity index (χ3v) is 7.60. The number of benzene rings is 2. The Bertz CT molecular complexity index is 1090. The standard InChI is InChI=1S/C18H16Cl2F3NO5S2/c1-17(27,18(21,22)23)16(26)24-14-4-2-10(8-12(14)19)31(28,29)11-3-5-15(13(20)9-11)30-7-6-25/h2-5,8-9,25,27H,6-7H2,1H3,(H,24,26). The summed E-state index contributed by atoms with van der Waals surface area (Å²) in [6, 6.07) is 7.02. The van der Waals surface area contributed by atoms with Gasteiger partial charge in [-0.05, 0) is 43.3 Å². The van der Waals surface area contributed by atoms with Gasteiger partial charge in [0.15, 0.2) is 0 Å². The maximum atomic E-state index is 12.8. The second-order valence-electron chi connectivity index (χ2n) is 6.33. The van der Waals surface area contributed by atoms with E-state index in [1.807, 2.05) is 5.32 Å². The lowest BCUT2D eigenvalue weighted by atomic mass is 10.1. The van der Waals surface area contributed by atoms with Crippen LogP contribution in [0, 0.1) is 0 Å². The summed E-state index contributed by atoms with van der Waals surface area (Å²) in [4.78, 5) is 11.9. The maximum Gasteiger partial charge on any atom is 0.426 e. The van der Waals surface area contributed by atoms with E-state index in [0.29, 0.717) is 10.6 Å². The van der Waals surface area contributed by atoms with E-state index in [1.54, 1.807) is 0 Å². The van der Waals surface area contributed by atoms with Gasteiger partial charge in [-0.3, -0.25) is 4.79 Å². The molecule has 0 radical (unpaired) electrons. The number of carbonyl (C=O) groups excluding carboxylic acids is 1. The molecular formula is C18H16Cl2F3NO5S2. The van der Waals surface area contributed by atoms with Crippen LogP contribution in [-0.4, -0.2) is 48.7 Å². The summed E-state index contributed by atoms with van der Waals surface area (Å²) in [5.74, 6) is -1.41. The number of halogens is 5. The van der Waals surface area contributed by atoms with Crippen LogP contribution in [0.2, 0.25) is 10.0 Å². The molecule has 2 aromatic carbocycles. The normalized spacial score (nSPS) is 14.2. The van der Waals surface area contributed by atoms with Crippen molar-refractivity contribution in [2.24, 2.45) is 0 Å². The number of anilines is 1. The van der Waals surface area contributed by atoms with E-state index >= 15 is 0 Å². The molecule has 2 aromatic rings. The Balaban J connectivity index is 2.32. The van der Waals surface area contributed by atoms with Gasteiger partial charge in [-0.1, -0.05) is 23.2 Å². The fraction of sp³-hybridized carbons (Fsp3) is 0.278. The number of hydrogen-bond donors (Lipinski definition) is 3. The summed E-state index contributed by atoms with van der Waals surface area (Å²) < 4.78 is 64.0. The summed E-state index contributed by atoms with van der Waals surface area (Å²) in [7, 11) is -4.09. The Labute approximate surface area is 190 Å². The van der Waals surface area contributed by atoms with Crippen molar-refractivity contribution >= 4 is 56.4 Å². The van der Waals surface area contributed by atoms with Crippen molar-refractivity contribution in [3.8, 4) is 0 Å². The third kappa shape index (κ3) is 5.65. The lowest BCUT2D eigenvalue weighted by Crippen LogP contribution is -2.52. The van der Waals surface area contributed by atoms with E-state index in [-0.39, 0.29) is 39.1 Å². The highest BCUT2D eigenvalue weighted by Crippen LogP contribution is 2.35. The van der Waals surface area contributed by atoms with Gasteiger partial charge < -0.3 is 15.5 Å². The van der Waals surface area contributed by atoms with Gasteiger partial charge in [-0.25, -0.2) is 8.42 Å². The molecule has 0 fully saturated rings. The Morgan fingerprint density at radius 1 is 1.10 bits per heavy atom. The molecule has 0 aliphatic carbocycles. The Morgan fingerprint density at radius 2 is 1.65 bits per heavy atom. The smallest absolute Gasteiger partial charge is 0.396 e. The summed E-state index contributed by atoms with van der Waals surface area (Å²) >= 11 is 13.3. The molecule has 0 bridgehead atoms. The monoisotopic (exact) mass is 517 g/mol. The predicted molar refractivity (Wildman–Crippen MR) is 111 cm³/mol. The number of carbonyl (C=O) groups is 1. The molecule has 1 atom stereocenters. The average Bonchev–Trinajstić information content (AvgIpc) is 2.67. The van der Waals surface area contributed by atoms with Crippen molar-refractivity contribution < 1.29 is 36.6 Å². The number of aliphatic hydroxyl groups excluding tert-OH is 1. The van der Waals surface area contributed by atoms with Gasteiger partial charge in [-0.15, -0.1) is 11.8 Å². The zero-order chi connectivity index (χ0) is 23.6. The summed E-state index contributed by atoms with van der Waals surface area (Å²) in [6.45, 7) is 0.197. The van der Waals surface area contributed by atoms with Gasteiger partial charge in [0, 0.05) is 10.6 Å².